The Morgan fingerprint density at radius 2 is 1.69 bits per heavy atom. The number of para-hydroxylation sites is 2. The van der Waals surface area contributed by atoms with Gasteiger partial charge in [0.2, 0.25) is 0 Å². The van der Waals surface area contributed by atoms with Gasteiger partial charge in [0, 0.05) is 25.2 Å². The molecule has 0 saturated heterocycles. The number of nitrogens with zero attached hydrogens (tertiary/aromatic N) is 4. The smallest absolute Gasteiger partial charge is 0.261 e. The molecular formula is C19H16Cl2N4O. The van der Waals surface area contributed by atoms with E-state index in [4.69, 9.17) is 33.2 Å². The summed E-state index contributed by atoms with van der Waals surface area (Å²) in [6, 6.07) is 12.5. The van der Waals surface area contributed by atoms with Crippen LogP contribution < -0.4 is 9.80 Å². The van der Waals surface area contributed by atoms with Gasteiger partial charge in [0.05, 0.1) is 21.6 Å². The minimum Gasteiger partial charge on any atom is -0.357 e. The van der Waals surface area contributed by atoms with Gasteiger partial charge in [-0.1, -0.05) is 35.3 Å². The second-order valence-corrected chi connectivity index (χ2v) is 7.06. The first-order chi connectivity index (χ1) is 12.5. The Hall–Kier alpha value is -2.37. The van der Waals surface area contributed by atoms with Crippen LogP contribution in [0, 0.1) is 0 Å². The number of aromatic nitrogens is 2. The van der Waals surface area contributed by atoms with E-state index in [0.29, 0.717) is 33.8 Å². The first kappa shape index (κ1) is 17.1. The van der Waals surface area contributed by atoms with Crippen molar-refractivity contribution in [2.45, 2.75) is 6.42 Å². The lowest BCUT2D eigenvalue weighted by Crippen LogP contribution is -2.32. The van der Waals surface area contributed by atoms with Crippen molar-refractivity contribution in [3.05, 3.63) is 58.1 Å². The summed E-state index contributed by atoms with van der Waals surface area (Å²) >= 11 is 12.3. The van der Waals surface area contributed by atoms with E-state index < -0.39 is 0 Å². The van der Waals surface area contributed by atoms with Gasteiger partial charge in [0.15, 0.2) is 11.6 Å². The number of halogens is 2. The molecule has 3 aromatic rings. The van der Waals surface area contributed by atoms with Gasteiger partial charge >= 0.3 is 0 Å². The standard InChI is InChI=1S/C19H16Cl2N4O/c1-24-9-4-10-25(19(26)13-11-12(20)7-8-14(13)21)18-17(24)22-15-5-2-3-6-16(15)23-18/h2-3,5-8,11H,4,9-10H2,1H3. The normalized spacial score (nSPS) is 14.3. The Balaban J connectivity index is 1.87. The number of rotatable bonds is 1. The van der Waals surface area contributed by atoms with Crippen LogP contribution in [-0.4, -0.2) is 36.0 Å². The Labute approximate surface area is 161 Å². The zero-order valence-electron chi connectivity index (χ0n) is 14.1. The minimum absolute atomic E-state index is 0.223. The van der Waals surface area contributed by atoms with E-state index in [1.165, 1.54) is 0 Å². The molecule has 26 heavy (non-hydrogen) atoms. The lowest BCUT2D eigenvalue weighted by atomic mass is 10.2. The molecule has 0 unspecified atom stereocenters. The maximum Gasteiger partial charge on any atom is 0.261 e. The summed E-state index contributed by atoms with van der Waals surface area (Å²) in [5.41, 5.74) is 1.91. The van der Waals surface area contributed by atoms with Crippen LogP contribution in [0.4, 0.5) is 11.6 Å². The molecule has 132 valence electrons. The van der Waals surface area contributed by atoms with Crippen molar-refractivity contribution in [3.8, 4) is 0 Å². The third kappa shape index (κ3) is 2.97. The number of carbonyl (C=O) groups is 1. The number of anilines is 2. The molecule has 2 aromatic carbocycles. The zero-order chi connectivity index (χ0) is 18.3. The van der Waals surface area contributed by atoms with Crippen molar-refractivity contribution < 1.29 is 4.79 Å². The lowest BCUT2D eigenvalue weighted by molar-refractivity contribution is 0.0986. The quantitative estimate of drug-likeness (QED) is 0.620. The van der Waals surface area contributed by atoms with E-state index in [0.717, 1.165) is 24.0 Å². The highest BCUT2D eigenvalue weighted by Crippen LogP contribution is 2.32. The van der Waals surface area contributed by atoms with Crippen LogP contribution in [0.2, 0.25) is 10.0 Å². The molecule has 1 aromatic heterocycles. The van der Waals surface area contributed by atoms with E-state index in [2.05, 4.69) is 0 Å². The molecule has 0 N–H and O–H groups in total. The molecule has 0 bridgehead atoms. The number of hydrogen-bond donors (Lipinski definition) is 0. The molecule has 0 fully saturated rings. The number of benzene rings is 2. The van der Waals surface area contributed by atoms with E-state index in [1.54, 1.807) is 23.1 Å². The fourth-order valence-corrected chi connectivity index (χ4v) is 3.47. The molecule has 1 aliphatic rings. The topological polar surface area (TPSA) is 49.3 Å². The maximum atomic E-state index is 13.2. The highest BCUT2D eigenvalue weighted by atomic mass is 35.5. The highest BCUT2D eigenvalue weighted by molar-refractivity contribution is 6.36. The molecule has 1 aliphatic heterocycles. The molecule has 0 radical (unpaired) electrons. The second-order valence-electron chi connectivity index (χ2n) is 6.22. The van der Waals surface area contributed by atoms with Crippen molar-refractivity contribution in [2.24, 2.45) is 0 Å². The van der Waals surface area contributed by atoms with Gasteiger partial charge in [-0.25, -0.2) is 9.97 Å². The van der Waals surface area contributed by atoms with Gasteiger partial charge in [-0.3, -0.25) is 9.69 Å². The molecule has 2 heterocycles. The predicted octanol–water partition coefficient (Wildman–Crippen LogP) is 4.42. The number of amides is 1. The second kappa shape index (κ2) is 6.74. The number of hydrogen-bond acceptors (Lipinski definition) is 4. The Kier molecular flexibility index (Phi) is 4.42. The van der Waals surface area contributed by atoms with E-state index in [1.807, 2.05) is 36.2 Å². The van der Waals surface area contributed by atoms with E-state index in [9.17, 15) is 4.79 Å². The highest BCUT2D eigenvalue weighted by Gasteiger charge is 2.28. The maximum absolute atomic E-state index is 13.2. The molecule has 0 atom stereocenters. The van der Waals surface area contributed by atoms with Crippen molar-refractivity contribution in [1.29, 1.82) is 0 Å². The van der Waals surface area contributed by atoms with Crippen LogP contribution in [0.1, 0.15) is 16.8 Å². The van der Waals surface area contributed by atoms with Crippen molar-refractivity contribution in [1.82, 2.24) is 9.97 Å². The van der Waals surface area contributed by atoms with Gasteiger partial charge < -0.3 is 4.90 Å². The van der Waals surface area contributed by atoms with Crippen molar-refractivity contribution >= 4 is 51.8 Å². The number of carbonyl (C=O) groups excluding carboxylic acids is 1. The minimum atomic E-state index is -0.223. The van der Waals surface area contributed by atoms with Crippen LogP contribution in [-0.2, 0) is 0 Å². The summed E-state index contributed by atoms with van der Waals surface area (Å²) in [5.74, 6) is 1.01. The van der Waals surface area contributed by atoms with Gasteiger partial charge in [0.25, 0.3) is 5.91 Å². The monoisotopic (exact) mass is 386 g/mol. The fourth-order valence-electron chi connectivity index (χ4n) is 3.10. The van der Waals surface area contributed by atoms with Gasteiger partial charge in [0.1, 0.15) is 0 Å². The van der Waals surface area contributed by atoms with E-state index >= 15 is 0 Å². The average molecular weight is 387 g/mol. The molecule has 4 rings (SSSR count). The Bertz CT molecular complexity index is 1010. The molecule has 7 heteroatoms. The third-order valence-electron chi connectivity index (χ3n) is 4.43. The van der Waals surface area contributed by atoms with Gasteiger partial charge in [-0.2, -0.15) is 0 Å². The summed E-state index contributed by atoms with van der Waals surface area (Å²) in [4.78, 5) is 26.4. The molecular weight excluding hydrogens is 371 g/mol. The molecule has 5 nitrogen and oxygen atoms in total. The molecule has 0 aliphatic carbocycles. The van der Waals surface area contributed by atoms with Crippen LogP contribution in [0.5, 0.6) is 0 Å². The summed E-state index contributed by atoms with van der Waals surface area (Å²) in [7, 11) is 1.96. The van der Waals surface area contributed by atoms with Crippen LogP contribution in [0.3, 0.4) is 0 Å². The molecule has 1 amide bonds. The van der Waals surface area contributed by atoms with Crippen LogP contribution in [0.25, 0.3) is 11.0 Å². The van der Waals surface area contributed by atoms with Crippen LogP contribution in [0.15, 0.2) is 42.5 Å². The summed E-state index contributed by atoms with van der Waals surface area (Å²) in [5, 5.41) is 0.835. The largest absolute Gasteiger partial charge is 0.357 e. The molecule has 0 saturated carbocycles. The zero-order valence-corrected chi connectivity index (χ0v) is 15.6. The lowest BCUT2D eigenvalue weighted by Gasteiger charge is -2.23. The van der Waals surface area contributed by atoms with Gasteiger partial charge in [-0.05, 0) is 36.8 Å². The van der Waals surface area contributed by atoms with E-state index in [-0.39, 0.29) is 5.91 Å². The Morgan fingerprint density at radius 3 is 2.42 bits per heavy atom. The summed E-state index contributed by atoms with van der Waals surface area (Å²) < 4.78 is 0. The summed E-state index contributed by atoms with van der Waals surface area (Å²) in [6.45, 7) is 1.32. The average Bonchev–Trinajstić information content (AvgIpc) is 2.80. The Morgan fingerprint density at radius 1 is 1.00 bits per heavy atom. The predicted molar refractivity (Wildman–Crippen MR) is 106 cm³/mol. The first-order valence-electron chi connectivity index (χ1n) is 8.29. The number of fused-ring (bicyclic) bond motifs is 2. The van der Waals surface area contributed by atoms with Gasteiger partial charge in [-0.15, -0.1) is 0 Å². The van der Waals surface area contributed by atoms with Crippen molar-refractivity contribution in [3.63, 3.8) is 0 Å². The van der Waals surface area contributed by atoms with Crippen LogP contribution >= 0.6 is 23.2 Å². The first-order valence-corrected chi connectivity index (χ1v) is 9.05. The third-order valence-corrected chi connectivity index (χ3v) is 5.00. The fraction of sp³-hybridized carbons (Fsp3) is 0.211. The molecule has 0 spiro atoms. The SMILES string of the molecule is CN1CCCN(C(=O)c2cc(Cl)ccc2Cl)c2nc3ccccc3nc21. The summed E-state index contributed by atoms with van der Waals surface area (Å²) in [6.07, 6.45) is 0.800. The van der Waals surface area contributed by atoms with Crippen molar-refractivity contribution in [2.75, 3.05) is 29.9 Å².